The Balaban J connectivity index is 0.00000144. The standard InChI is InChI=1S/C13H25N3.HI/c1-10-3-5-11(6-4-10)9-15-13(14-2)16-12-7-8-12;/h10-12H,3-9H2,1-2H3,(H2,14,15,16);1H. The van der Waals surface area contributed by atoms with Crippen LogP contribution in [0, 0.1) is 11.8 Å². The Bertz CT molecular complexity index is 243. The molecule has 0 aromatic heterocycles. The molecule has 0 saturated heterocycles. The molecule has 2 aliphatic rings. The van der Waals surface area contributed by atoms with Crippen LogP contribution in [-0.2, 0) is 0 Å². The van der Waals surface area contributed by atoms with Crippen molar-refractivity contribution in [1.29, 1.82) is 0 Å². The molecular weight excluding hydrogens is 325 g/mol. The normalized spacial score (nSPS) is 29.4. The molecule has 0 radical (unpaired) electrons. The SMILES string of the molecule is CN=C(NCC1CCC(C)CC1)NC1CC1.I. The molecule has 4 heteroatoms. The van der Waals surface area contributed by atoms with Crippen molar-refractivity contribution in [2.45, 2.75) is 51.5 Å². The maximum Gasteiger partial charge on any atom is 0.191 e. The van der Waals surface area contributed by atoms with Gasteiger partial charge in [0.1, 0.15) is 0 Å². The minimum absolute atomic E-state index is 0. The monoisotopic (exact) mass is 351 g/mol. The highest BCUT2D eigenvalue weighted by atomic mass is 127. The fourth-order valence-corrected chi connectivity index (χ4v) is 2.39. The molecule has 0 aromatic carbocycles. The Labute approximate surface area is 122 Å². The van der Waals surface area contributed by atoms with Gasteiger partial charge in [0.05, 0.1) is 0 Å². The largest absolute Gasteiger partial charge is 0.356 e. The van der Waals surface area contributed by atoms with Crippen molar-refractivity contribution in [2.24, 2.45) is 16.8 Å². The molecule has 17 heavy (non-hydrogen) atoms. The summed E-state index contributed by atoms with van der Waals surface area (Å²) in [5.41, 5.74) is 0. The molecule has 0 amide bonds. The number of hydrogen-bond acceptors (Lipinski definition) is 1. The summed E-state index contributed by atoms with van der Waals surface area (Å²) in [6, 6.07) is 0.692. The van der Waals surface area contributed by atoms with Crippen LogP contribution in [0.1, 0.15) is 45.4 Å². The van der Waals surface area contributed by atoms with Crippen LogP contribution in [0.3, 0.4) is 0 Å². The highest BCUT2D eigenvalue weighted by molar-refractivity contribution is 14.0. The van der Waals surface area contributed by atoms with Gasteiger partial charge in [0.25, 0.3) is 0 Å². The van der Waals surface area contributed by atoms with Crippen molar-refractivity contribution in [3.8, 4) is 0 Å². The molecule has 0 aromatic rings. The molecule has 0 atom stereocenters. The Kier molecular flexibility index (Phi) is 6.59. The molecule has 2 rings (SSSR count). The Morgan fingerprint density at radius 1 is 1.12 bits per heavy atom. The van der Waals surface area contributed by atoms with E-state index in [2.05, 4.69) is 22.5 Å². The van der Waals surface area contributed by atoms with Crippen LogP contribution in [0.4, 0.5) is 0 Å². The van der Waals surface area contributed by atoms with Crippen molar-refractivity contribution in [2.75, 3.05) is 13.6 Å². The van der Waals surface area contributed by atoms with Gasteiger partial charge in [0.15, 0.2) is 5.96 Å². The lowest BCUT2D eigenvalue weighted by Gasteiger charge is -2.26. The van der Waals surface area contributed by atoms with E-state index in [1.54, 1.807) is 0 Å². The predicted octanol–water partition coefficient (Wildman–Crippen LogP) is 2.76. The highest BCUT2D eigenvalue weighted by Crippen LogP contribution is 2.27. The van der Waals surface area contributed by atoms with Crippen LogP contribution in [0.25, 0.3) is 0 Å². The van der Waals surface area contributed by atoms with Crippen LogP contribution in [-0.4, -0.2) is 25.6 Å². The van der Waals surface area contributed by atoms with E-state index >= 15 is 0 Å². The minimum Gasteiger partial charge on any atom is -0.356 e. The highest BCUT2D eigenvalue weighted by Gasteiger charge is 2.23. The second-order valence-electron chi connectivity index (χ2n) is 5.50. The lowest BCUT2D eigenvalue weighted by atomic mass is 9.83. The van der Waals surface area contributed by atoms with E-state index in [9.17, 15) is 0 Å². The van der Waals surface area contributed by atoms with E-state index in [0.29, 0.717) is 6.04 Å². The number of nitrogens with one attached hydrogen (secondary N) is 2. The number of aliphatic imine (C=N–C) groups is 1. The number of rotatable bonds is 3. The van der Waals surface area contributed by atoms with E-state index in [-0.39, 0.29) is 24.0 Å². The minimum atomic E-state index is 0. The van der Waals surface area contributed by atoms with Gasteiger partial charge in [0.2, 0.25) is 0 Å². The zero-order chi connectivity index (χ0) is 11.4. The first kappa shape index (κ1) is 15.1. The van der Waals surface area contributed by atoms with Gasteiger partial charge in [-0.1, -0.05) is 19.8 Å². The molecule has 2 saturated carbocycles. The molecule has 0 heterocycles. The second-order valence-corrected chi connectivity index (χ2v) is 5.50. The molecule has 100 valence electrons. The van der Waals surface area contributed by atoms with Gasteiger partial charge in [-0.15, -0.1) is 24.0 Å². The van der Waals surface area contributed by atoms with E-state index in [1.165, 1.54) is 38.5 Å². The van der Waals surface area contributed by atoms with Crippen LogP contribution < -0.4 is 10.6 Å². The van der Waals surface area contributed by atoms with E-state index in [4.69, 9.17) is 0 Å². The van der Waals surface area contributed by atoms with Gasteiger partial charge in [-0.05, 0) is 37.5 Å². The van der Waals surface area contributed by atoms with Crippen molar-refractivity contribution < 1.29 is 0 Å². The molecule has 0 spiro atoms. The van der Waals surface area contributed by atoms with E-state index in [0.717, 1.165) is 24.3 Å². The fraction of sp³-hybridized carbons (Fsp3) is 0.923. The summed E-state index contributed by atoms with van der Waals surface area (Å²) in [4.78, 5) is 4.26. The first-order valence-corrected chi connectivity index (χ1v) is 6.75. The third-order valence-electron chi connectivity index (χ3n) is 3.84. The van der Waals surface area contributed by atoms with Crippen molar-refractivity contribution in [1.82, 2.24) is 10.6 Å². The summed E-state index contributed by atoms with van der Waals surface area (Å²) in [7, 11) is 1.86. The predicted molar refractivity (Wildman–Crippen MR) is 84.1 cm³/mol. The van der Waals surface area contributed by atoms with Crippen molar-refractivity contribution in [3.63, 3.8) is 0 Å². The van der Waals surface area contributed by atoms with Gasteiger partial charge in [-0.2, -0.15) is 0 Å². The molecule has 0 bridgehead atoms. The maximum atomic E-state index is 4.26. The zero-order valence-electron chi connectivity index (χ0n) is 11.0. The first-order valence-electron chi connectivity index (χ1n) is 6.75. The van der Waals surface area contributed by atoms with Crippen molar-refractivity contribution >= 4 is 29.9 Å². The topological polar surface area (TPSA) is 36.4 Å². The lowest BCUT2D eigenvalue weighted by Crippen LogP contribution is -2.41. The Morgan fingerprint density at radius 3 is 2.29 bits per heavy atom. The number of guanidine groups is 1. The van der Waals surface area contributed by atoms with Gasteiger partial charge in [-0.3, -0.25) is 4.99 Å². The summed E-state index contributed by atoms with van der Waals surface area (Å²) in [6.45, 7) is 3.47. The average molecular weight is 351 g/mol. The van der Waals surface area contributed by atoms with Gasteiger partial charge in [-0.25, -0.2) is 0 Å². The smallest absolute Gasteiger partial charge is 0.191 e. The molecule has 3 nitrogen and oxygen atoms in total. The summed E-state index contributed by atoms with van der Waals surface area (Å²) in [6.07, 6.45) is 8.19. The second kappa shape index (κ2) is 7.44. The molecule has 2 fully saturated rings. The number of halogens is 1. The van der Waals surface area contributed by atoms with Crippen molar-refractivity contribution in [3.05, 3.63) is 0 Å². The van der Waals surface area contributed by atoms with Gasteiger partial charge in [0, 0.05) is 19.6 Å². The third-order valence-corrected chi connectivity index (χ3v) is 3.84. The summed E-state index contributed by atoms with van der Waals surface area (Å²) in [5.74, 6) is 2.80. The Morgan fingerprint density at radius 2 is 1.76 bits per heavy atom. The van der Waals surface area contributed by atoms with Crippen LogP contribution >= 0.6 is 24.0 Å². The maximum absolute atomic E-state index is 4.26. The van der Waals surface area contributed by atoms with Gasteiger partial charge < -0.3 is 10.6 Å². The third kappa shape index (κ3) is 5.44. The molecule has 0 aliphatic heterocycles. The molecule has 2 N–H and O–H groups in total. The quantitative estimate of drug-likeness (QED) is 0.466. The van der Waals surface area contributed by atoms with Crippen LogP contribution in [0.2, 0.25) is 0 Å². The molecule has 2 aliphatic carbocycles. The number of nitrogens with zero attached hydrogens (tertiary/aromatic N) is 1. The Hall–Kier alpha value is 0. The summed E-state index contributed by atoms with van der Waals surface area (Å²) in [5, 5.41) is 6.89. The number of hydrogen-bond donors (Lipinski definition) is 2. The molecule has 0 unspecified atom stereocenters. The van der Waals surface area contributed by atoms with E-state index in [1.807, 2.05) is 7.05 Å². The lowest BCUT2D eigenvalue weighted by molar-refractivity contribution is 0.289. The summed E-state index contributed by atoms with van der Waals surface area (Å²) < 4.78 is 0. The van der Waals surface area contributed by atoms with Gasteiger partial charge >= 0.3 is 0 Å². The van der Waals surface area contributed by atoms with E-state index < -0.39 is 0 Å². The fourth-order valence-electron chi connectivity index (χ4n) is 2.39. The van der Waals surface area contributed by atoms with Crippen LogP contribution in [0.15, 0.2) is 4.99 Å². The first-order chi connectivity index (χ1) is 7.78. The molecular formula is C13H26IN3. The average Bonchev–Trinajstić information content (AvgIpc) is 3.10. The van der Waals surface area contributed by atoms with Crippen LogP contribution in [0.5, 0.6) is 0 Å². The zero-order valence-corrected chi connectivity index (χ0v) is 13.4. The summed E-state index contributed by atoms with van der Waals surface area (Å²) >= 11 is 0.